The van der Waals surface area contributed by atoms with Crippen LogP contribution in [0.5, 0.6) is 0 Å². The predicted molar refractivity (Wildman–Crippen MR) is 90.9 cm³/mol. The summed E-state index contributed by atoms with van der Waals surface area (Å²) in [4.78, 5) is 39.0. The van der Waals surface area contributed by atoms with Crippen LogP contribution in [0, 0.1) is 6.92 Å². The van der Waals surface area contributed by atoms with Crippen LogP contribution in [0.1, 0.15) is 26.6 Å². The first-order valence-corrected chi connectivity index (χ1v) is 8.35. The first-order chi connectivity index (χ1) is 12.5. The topological polar surface area (TPSA) is 109 Å². The molecule has 1 N–H and O–H groups in total. The predicted octanol–water partition coefficient (Wildman–Crippen LogP) is 0.124. The fourth-order valence-corrected chi connectivity index (χ4v) is 2.72. The largest absolute Gasteiger partial charge is 0.430 e. The van der Waals surface area contributed by atoms with Gasteiger partial charge in [-0.2, -0.15) is 0 Å². The Kier molecular flexibility index (Phi) is 5.47. The van der Waals surface area contributed by atoms with Crippen molar-refractivity contribution in [2.75, 3.05) is 39.3 Å². The van der Waals surface area contributed by atoms with Gasteiger partial charge in [0.1, 0.15) is 12.0 Å². The molecule has 0 saturated carbocycles. The van der Waals surface area contributed by atoms with Gasteiger partial charge in [-0.3, -0.25) is 14.5 Å². The highest BCUT2D eigenvalue weighted by molar-refractivity contribution is 5.93. The first kappa shape index (κ1) is 17.9. The second kappa shape index (κ2) is 7.96. The molecule has 1 fully saturated rings. The zero-order valence-electron chi connectivity index (χ0n) is 14.4. The van der Waals surface area contributed by atoms with Crippen LogP contribution in [-0.4, -0.2) is 66.0 Å². The van der Waals surface area contributed by atoms with Gasteiger partial charge >= 0.3 is 5.63 Å². The average molecular weight is 360 g/mol. The van der Waals surface area contributed by atoms with Crippen molar-refractivity contribution >= 4 is 11.8 Å². The Morgan fingerprint density at radius 1 is 1.23 bits per heavy atom. The number of hydrogen-bond donors (Lipinski definition) is 1. The molecule has 2 amide bonds. The second-order valence-electron chi connectivity index (χ2n) is 6.06. The molecule has 3 heterocycles. The van der Waals surface area contributed by atoms with Gasteiger partial charge in [-0.05, 0) is 13.0 Å². The van der Waals surface area contributed by atoms with E-state index in [0.717, 1.165) is 19.4 Å². The van der Waals surface area contributed by atoms with Crippen LogP contribution in [0.3, 0.4) is 0 Å². The van der Waals surface area contributed by atoms with Crippen molar-refractivity contribution in [2.45, 2.75) is 6.92 Å². The minimum Gasteiger partial charge on any atom is -0.430 e. The molecule has 26 heavy (non-hydrogen) atoms. The van der Waals surface area contributed by atoms with Crippen LogP contribution < -0.4 is 10.9 Å². The van der Waals surface area contributed by atoms with Crippen molar-refractivity contribution in [3.63, 3.8) is 0 Å². The number of nitrogens with one attached hydrogen (secondary N) is 1. The standard InChI is InChI=1S/C17H20N4O5/c1-12-10-14(19-26-12)17(24)21-8-6-20(7-9-21)5-4-18-16(23)13-2-3-15(22)25-11-13/h2-3,10-11H,4-9H2,1H3,(H,18,23). The van der Waals surface area contributed by atoms with E-state index in [0.29, 0.717) is 43.2 Å². The van der Waals surface area contributed by atoms with Crippen molar-refractivity contribution in [1.82, 2.24) is 20.3 Å². The van der Waals surface area contributed by atoms with E-state index in [1.54, 1.807) is 17.9 Å². The van der Waals surface area contributed by atoms with E-state index in [4.69, 9.17) is 4.52 Å². The molecule has 1 aliphatic heterocycles. The summed E-state index contributed by atoms with van der Waals surface area (Å²) in [5.74, 6) is 0.199. The lowest BCUT2D eigenvalue weighted by atomic mass is 10.2. The summed E-state index contributed by atoms with van der Waals surface area (Å²) >= 11 is 0. The Morgan fingerprint density at radius 3 is 2.62 bits per heavy atom. The van der Waals surface area contributed by atoms with Gasteiger partial charge in [0, 0.05) is 51.4 Å². The van der Waals surface area contributed by atoms with Gasteiger partial charge < -0.3 is 19.2 Å². The average Bonchev–Trinajstić information content (AvgIpc) is 3.08. The third kappa shape index (κ3) is 4.37. The van der Waals surface area contributed by atoms with E-state index in [9.17, 15) is 14.4 Å². The molecule has 0 aromatic carbocycles. The summed E-state index contributed by atoms with van der Waals surface area (Å²) in [5, 5.41) is 6.54. The zero-order valence-corrected chi connectivity index (χ0v) is 14.4. The van der Waals surface area contributed by atoms with Crippen LogP contribution in [0.15, 0.2) is 38.2 Å². The van der Waals surface area contributed by atoms with Gasteiger partial charge in [0.15, 0.2) is 5.69 Å². The highest BCUT2D eigenvalue weighted by Gasteiger charge is 2.24. The lowest BCUT2D eigenvalue weighted by Crippen LogP contribution is -2.50. The van der Waals surface area contributed by atoms with Crippen LogP contribution in [0.4, 0.5) is 0 Å². The first-order valence-electron chi connectivity index (χ1n) is 8.35. The SMILES string of the molecule is Cc1cc(C(=O)N2CCN(CCNC(=O)c3ccc(=O)oc3)CC2)no1. The number of amides is 2. The maximum atomic E-state index is 12.3. The molecule has 1 saturated heterocycles. The third-order valence-corrected chi connectivity index (χ3v) is 4.18. The Balaban J connectivity index is 1.40. The summed E-state index contributed by atoms with van der Waals surface area (Å²) in [5.41, 5.74) is 0.149. The van der Waals surface area contributed by atoms with Crippen LogP contribution in [0.2, 0.25) is 0 Å². The zero-order chi connectivity index (χ0) is 18.5. The monoisotopic (exact) mass is 360 g/mol. The van der Waals surface area contributed by atoms with Crippen molar-refractivity contribution in [3.05, 3.63) is 51.9 Å². The summed E-state index contributed by atoms with van der Waals surface area (Å²) in [6, 6.07) is 4.27. The highest BCUT2D eigenvalue weighted by atomic mass is 16.5. The van der Waals surface area contributed by atoms with Crippen molar-refractivity contribution in [3.8, 4) is 0 Å². The number of nitrogens with zero attached hydrogens (tertiary/aromatic N) is 3. The molecule has 0 aliphatic carbocycles. The number of rotatable bonds is 5. The molecule has 0 spiro atoms. The minimum atomic E-state index is -0.491. The van der Waals surface area contributed by atoms with E-state index in [-0.39, 0.29) is 11.8 Å². The number of hydrogen-bond acceptors (Lipinski definition) is 7. The van der Waals surface area contributed by atoms with E-state index in [2.05, 4.69) is 19.8 Å². The van der Waals surface area contributed by atoms with Gasteiger partial charge in [-0.25, -0.2) is 4.79 Å². The molecule has 2 aromatic rings. The van der Waals surface area contributed by atoms with E-state index in [1.807, 2.05) is 0 Å². The maximum Gasteiger partial charge on any atom is 0.335 e. The Hall–Kier alpha value is -2.94. The Morgan fingerprint density at radius 2 is 2.00 bits per heavy atom. The van der Waals surface area contributed by atoms with Crippen LogP contribution >= 0.6 is 0 Å². The van der Waals surface area contributed by atoms with Gasteiger partial charge in [-0.15, -0.1) is 0 Å². The summed E-state index contributed by atoms with van der Waals surface area (Å²) in [6.45, 7) is 5.53. The number of aryl methyl sites for hydroxylation is 1. The Labute approximate surface area is 149 Å². The number of piperazine rings is 1. The van der Waals surface area contributed by atoms with E-state index < -0.39 is 5.63 Å². The smallest absolute Gasteiger partial charge is 0.335 e. The van der Waals surface area contributed by atoms with E-state index >= 15 is 0 Å². The molecule has 138 valence electrons. The molecule has 9 nitrogen and oxygen atoms in total. The molecule has 0 atom stereocenters. The number of carbonyl (C=O) groups is 2. The molecular formula is C17H20N4O5. The van der Waals surface area contributed by atoms with Gasteiger partial charge in [0.25, 0.3) is 11.8 Å². The Bertz CT molecular complexity index is 815. The number of aromatic nitrogens is 1. The highest BCUT2D eigenvalue weighted by Crippen LogP contribution is 2.09. The fraction of sp³-hybridized carbons (Fsp3) is 0.412. The van der Waals surface area contributed by atoms with Gasteiger partial charge in [0.05, 0.1) is 5.56 Å². The lowest BCUT2D eigenvalue weighted by molar-refractivity contribution is 0.0628. The molecule has 1 aliphatic rings. The summed E-state index contributed by atoms with van der Waals surface area (Å²) in [7, 11) is 0. The maximum absolute atomic E-state index is 12.3. The van der Waals surface area contributed by atoms with Gasteiger partial charge in [0.2, 0.25) is 0 Å². The third-order valence-electron chi connectivity index (χ3n) is 4.18. The molecular weight excluding hydrogens is 340 g/mol. The van der Waals surface area contributed by atoms with Crippen molar-refractivity contribution in [1.29, 1.82) is 0 Å². The minimum absolute atomic E-state index is 0.125. The second-order valence-corrected chi connectivity index (χ2v) is 6.06. The molecule has 0 unspecified atom stereocenters. The lowest BCUT2D eigenvalue weighted by Gasteiger charge is -2.34. The molecule has 2 aromatic heterocycles. The van der Waals surface area contributed by atoms with Crippen molar-refractivity contribution < 1.29 is 18.5 Å². The molecule has 0 radical (unpaired) electrons. The summed E-state index contributed by atoms with van der Waals surface area (Å²) in [6.07, 6.45) is 1.15. The molecule has 0 bridgehead atoms. The van der Waals surface area contributed by atoms with Gasteiger partial charge in [-0.1, -0.05) is 5.16 Å². The fourth-order valence-electron chi connectivity index (χ4n) is 2.72. The molecule has 3 rings (SSSR count). The molecule has 9 heteroatoms. The van der Waals surface area contributed by atoms with E-state index in [1.165, 1.54) is 12.1 Å². The number of carbonyl (C=O) groups excluding carboxylic acids is 2. The van der Waals surface area contributed by atoms with Crippen LogP contribution in [-0.2, 0) is 0 Å². The summed E-state index contributed by atoms with van der Waals surface area (Å²) < 4.78 is 9.62. The van der Waals surface area contributed by atoms with Crippen LogP contribution in [0.25, 0.3) is 0 Å². The quantitative estimate of drug-likeness (QED) is 0.807. The van der Waals surface area contributed by atoms with Crippen molar-refractivity contribution in [2.24, 2.45) is 0 Å². The normalized spacial score (nSPS) is 15.0.